The molecular weight excluding hydrogens is 216 g/mol. The smallest absolute Gasteiger partial charge is 0.306 e. The maximum atomic E-state index is 11.3. The summed E-state index contributed by atoms with van der Waals surface area (Å²) < 4.78 is 25.7. The van der Waals surface area contributed by atoms with Crippen molar-refractivity contribution in [1.82, 2.24) is 0 Å². The first-order valence-corrected chi connectivity index (χ1v) is 6.39. The lowest BCUT2D eigenvalue weighted by atomic mass is 10.0. The van der Waals surface area contributed by atoms with E-state index in [1.807, 2.05) is 20.8 Å². The van der Waals surface area contributed by atoms with Crippen molar-refractivity contribution in [2.24, 2.45) is 0 Å². The van der Waals surface area contributed by atoms with Gasteiger partial charge in [-0.2, -0.15) is 0 Å². The molecule has 0 aromatic heterocycles. The van der Waals surface area contributed by atoms with Gasteiger partial charge in [0.1, 0.15) is 5.60 Å². The monoisotopic (exact) mass is 235 g/mol. The number of carbonyl (C=O) groups is 1. The van der Waals surface area contributed by atoms with Gasteiger partial charge in [-0.3, -0.25) is 9.00 Å². The van der Waals surface area contributed by atoms with Gasteiger partial charge in [0, 0.05) is 12.2 Å². The highest BCUT2D eigenvalue weighted by molar-refractivity contribution is 7.79. The van der Waals surface area contributed by atoms with Crippen LogP contribution in [0, 0.1) is 0 Å². The quantitative estimate of drug-likeness (QED) is 0.498. The van der Waals surface area contributed by atoms with Gasteiger partial charge in [-0.25, -0.2) is 0 Å². The molecule has 0 saturated heterocycles. The average Bonchev–Trinajstić information content (AvgIpc) is 2.01. The van der Waals surface area contributed by atoms with Crippen LogP contribution in [0.4, 0.5) is 0 Å². The van der Waals surface area contributed by atoms with Crippen LogP contribution in [0.3, 0.4) is 0 Å². The van der Waals surface area contributed by atoms with Crippen LogP contribution in [0.1, 0.15) is 46.5 Å². The fraction of sp³-hybridized carbons (Fsp3) is 0.900. The second-order valence-electron chi connectivity index (χ2n) is 4.10. The third-order valence-electron chi connectivity index (χ3n) is 1.93. The van der Waals surface area contributed by atoms with E-state index in [2.05, 4.69) is 0 Å². The lowest BCUT2D eigenvalue weighted by molar-refractivity contribution is -0.157. The van der Waals surface area contributed by atoms with E-state index in [4.69, 9.17) is 4.74 Å². The Kier molecular flexibility index (Phi) is 6.76. The van der Waals surface area contributed by atoms with Gasteiger partial charge < -0.3 is 9.29 Å². The zero-order chi connectivity index (χ0) is 11.9. The summed E-state index contributed by atoms with van der Waals surface area (Å²) in [6.45, 7) is 5.75. The van der Waals surface area contributed by atoms with E-state index < -0.39 is 16.7 Å². The van der Waals surface area contributed by atoms with Gasteiger partial charge in [0.2, 0.25) is 0 Å². The predicted octanol–water partition coefficient (Wildman–Crippen LogP) is 1.77. The summed E-state index contributed by atoms with van der Waals surface area (Å²) in [6.07, 6.45) is 2.26. The van der Waals surface area contributed by atoms with Crippen LogP contribution in [-0.4, -0.2) is 26.1 Å². The highest BCUT2D eigenvalue weighted by Gasteiger charge is 2.21. The molecule has 5 heteroatoms. The van der Waals surface area contributed by atoms with Gasteiger partial charge in [0.15, 0.2) is 0 Å². The number of hydrogen-bond donors (Lipinski definition) is 0. The first kappa shape index (κ1) is 14.6. The summed E-state index contributed by atoms with van der Waals surface area (Å²) in [5.74, 6) is -0.303. The number of ether oxygens (including phenoxy) is 1. The van der Waals surface area contributed by atoms with Crippen molar-refractivity contribution in [3.8, 4) is 0 Å². The fourth-order valence-corrected chi connectivity index (χ4v) is 1.73. The molecule has 0 aliphatic carbocycles. The third kappa shape index (κ3) is 8.57. The van der Waals surface area contributed by atoms with Crippen LogP contribution in [0.15, 0.2) is 0 Å². The molecule has 0 N–H and O–H groups in total. The molecule has 90 valence electrons. The molecule has 0 spiro atoms. The van der Waals surface area contributed by atoms with Crippen LogP contribution >= 0.6 is 0 Å². The summed E-state index contributed by atoms with van der Waals surface area (Å²) in [5.41, 5.74) is -0.442. The average molecular weight is 235 g/mol. The second-order valence-corrected chi connectivity index (χ2v) is 5.11. The molecule has 4 nitrogen and oxygen atoms in total. The maximum Gasteiger partial charge on any atom is 0.306 e. The van der Waals surface area contributed by atoms with Crippen molar-refractivity contribution >= 4 is 17.0 Å². The molecular formula is C10H19O4S-. The number of esters is 1. The van der Waals surface area contributed by atoms with Crippen LogP contribution in [0.2, 0.25) is 0 Å². The Hall–Kier alpha value is -0.420. The normalized spacial score (nSPS) is 13.6. The lowest BCUT2D eigenvalue weighted by Crippen LogP contribution is -2.27. The second kappa shape index (κ2) is 6.95. The van der Waals surface area contributed by atoms with Gasteiger partial charge in [0.05, 0.1) is 0 Å². The van der Waals surface area contributed by atoms with Crippen LogP contribution < -0.4 is 0 Å². The Balaban J connectivity index is 3.77. The summed E-state index contributed by atoms with van der Waals surface area (Å²) in [5, 5.41) is 0. The zero-order valence-corrected chi connectivity index (χ0v) is 10.4. The molecule has 0 aromatic rings. The largest absolute Gasteiger partial charge is 0.772 e. The van der Waals surface area contributed by atoms with Crippen molar-refractivity contribution in [2.75, 3.05) is 5.75 Å². The summed E-state index contributed by atoms with van der Waals surface area (Å²) in [7, 11) is 0. The highest BCUT2D eigenvalue weighted by atomic mass is 32.2. The molecule has 0 heterocycles. The Morgan fingerprint density at radius 3 is 2.53 bits per heavy atom. The fourth-order valence-electron chi connectivity index (χ4n) is 1.35. The first-order chi connectivity index (χ1) is 6.87. The molecule has 0 aromatic carbocycles. The SMILES string of the molecule is CCCC(C)(C)OC(=O)CCCS(=O)[O-]. The number of rotatable bonds is 7. The molecule has 0 radical (unpaired) electrons. The summed E-state index contributed by atoms with van der Waals surface area (Å²) >= 11 is -2.07. The van der Waals surface area contributed by atoms with Crippen LogP contribution in [0.5, 0.6) is 0 Å². The Morgan fingerprint density at radius 2 is 2.07 bits per heavy atom. The molecule has 0 aliphatic rings. The molecule has 0 saturated carbocycles. The standard InChI is InChI=1S/C10H20O4S/c1-4-7-10(2,3)14-9(11)6-5-8-15(12)13/h4-8H2,1-3H3,(H,12,13)/p-1. The topological polar surface area (TPSA) is 66.4 Å². The van der Waals surface area contributed by atoms with E-state index in [0.29, 0.717) is 6.42 Å². The van der Waals surface area contributed by atoms with E-state index in [9.17, 15) is 13.6 Å². The van der Waals surface area contributed by atoms with Crippen LogP contribution in [0.25, 0.3) is 0 Å². The number of hydrogen-bond acceptors (Lipinski definition) is 4. The first-order valence-electron chi connectivity index (χ1n) is 5.15. The van der Waals surface area contributed by atoms with E-state index in [1.165, 1.54) is 0 Å². The van der Waals surface area contributed by atoms with Crippen molar-refractivity contribution < 1.29 is 18.3 Å². The van der Waals surface area contributed by atoms with E-state index in [0.717, 1.165) is 12.8 Å². The van der Waals surface area contributed by atoms with Crippen molar-refractivity contribution in [2.45, 2.75) is 52.1 Å². The van der Waals surface area contributed by atoms with E-state index in [1.54, 1.807) is 0 Å². The van der Waals surface area contributed by atoms with Crippen molar-refractivity contribution in [1.29, 1.82) is 0 Å². The van der Waals surface area contributed by atoms with Gasteiger partial charge in [0.25, 0.3) is 0 Å². The van der Waals surface area contributed by atoms with Gasteiger partial charge >= 0.3 is 5.97 Å². The molecule has 15 heavy (non-hydrogen) atoms. The molecule has 0 amide bonds. The molecule has 0 bridgehead atoms. The van der Waals surface area contributed by atoms with Crippen molar-refractivity contribution in [3.63, 3.8) is 0 Å². The summed E-state index contributed by atoms with van der Waals surface area (Å²) in [4.78, 5) is 11.3. The zero-order valence-electron chi connectivity index (χ0n) is 9.58. The minimum absolute atomic E-state index is 0.0172. The lowest BCUT2D eigenvalue weighted by Gasteiger charge is -2.24. The van der Waals surface area contributed by atoms with Gasteiger partial charge in [-0.15, -0.1) is 0 Å². The molecule has 0 rings (SSSR count). The number of carbonyl (C=O) groups excluding carboxylic acids is 1. The van der Waals surface area contributed by atoms with E-state index in [-0.39, 0.29) is 18.1 Å². The maximum absolute atomic E-state index is 11.3. The summed E-state index contributed by atoms with van der Waals surface area (Å²) in [6, 6.07) is 0. The Morgan fingerprint density at radius 1 is 1.47 bits per heavy atom. The minimum Gasteiger partial charge on any atom is -0.772 e. The third-order valence-corrected chi connectivity index (χ3v) is 2.56. The van der Waals surface area contributed by atoms with E-state index >= 15 is 0 Å². The highest BCUT2D eigenvalue weighted by Crippen LogP contribution is 2.17. The predicted molar refractivity (Wildman–Crippen MR) is 58.1 cm³/mol. The van der Waals surface area contributed by atoms with Crippen molar-refractivity contribution in [3.05, 3.63) is 0 Å². The Bertz CT molecular complexity index is 225. The van der Waals surface area contributed by atoms with Crippen LogP contribution in [-0.2, 0) is 20.6 Å². The molecule has 1 atom stereocenters. The molecule has 1 unspecified atom stereocenters. The van der Waals surface area contributed by atoms with Gasteiger partial charge in [-0.05, 0) is 26.7 Å². The molecule has 0 fully saturated rings. The van der Waals surface area contributed by atoms with Gasteiger partial charge in [-0.1, -0.05) is 24.4 Å². The molecule has 0 aliphatic heterocycles. The minimum atomic E-state index is -2.07. The Labute approximate surface area is 93.7 Å².